The zero-order chi connectivity index (χ0) is 25.6. The number of nitrogens with one attached hydrogen (secondary N) is 1. The molecular formula is C27H22ClN7OS. The molecule has 2 aromatic heterocycles. The van der Waals surface area contributed by atoms with Gasteiger partial charge in [0.15, 0.2) is 11.0 Å². The Morgan fingerprint density at radius 2 is 1.57 bits per heavy atom. The topological polar surface area (TPSA) is 90.0 Å². The fourth-order valence-electron chi connectivity index (χ4n) is 3.68. The van der Waals surface area contributed by atoms with Crippen molar-refractivity contribution < 1.29 is 4.79 Å². The van der Waals surface area contributed by atoms with Crippen molar-refractivity contribution in [2.45, 2.75) is 12.1 Å². The standard InChI is InChI=1S/C27H22ClN7OS/c1-19-23(25(28)35(33-19)22-15-9-4-10-16-22)17-29-30-24(36)18-37-27-32-31-26(20-11-5-2-6-12-20)34(27)21-13-7-3-8-14-21/h2-17H,18H2,1H3,(H,30,36). The van der Waals surface area contributed by atoms with Crippen molar-refractivity contribution >= 4 is 35.5 Å². The van der Waals surface area contributed by atoms with Crippen molar-refractivity contribution in [3.05, 3.63) is 107 Å². The molecule has 10 heteroatoms. The number of rotatable bonds is 8. The number of benzene rings is 3. The zero-order valence-corrected chi connectivity index (χ0v) is 21.4. The van der Waals surface area contributed by atoms with Gasteiger partial charge in [0.2, 0.25) is 0 Å². The summed E-state index contributed by atoms with van der Waals surface area (Å²) >= 11 is 7.80. The largest absolute Gasteiger partial charge is 0.272 e. The van der Waals surface area contributed by atoms with E-state index in [1.165, 1.54) is 18.0 Å². The third-order valence-electron chi connectivity index (χ3n) is 5.44. The van der Waals surface area contributed by atoms with Crippen LogP contribution in [0.4, 0.5) is 0 Å². The number of hydrogen-bond acceptors (Lipinski definition) is 6. The summed E-state index contributed by atoms with van der Waals surface area (Å²) in [6, 6.07) is 29.2. The van der Waals surface area contributed by atoms with E-state index in [1.54, 1.807) is 4.68 Å². The predicted octanol–water partition coefficient (Wildman–Crippen LogP) is 5.32. The van der Waals surface area contributed by atoms with Gasteiger partial charge in [-0.1, -0.05) is 90.1 Å². The lowest BCUT2D eigenvalue weighted by Crippen LogP contribution is -2.20. The molecule has 8 nitrogen and oxygen atoms in total. The molecule has 0 spiro atoms. The van der Waals surface area contributed by atoms with Gasteiger partial charge in [-0.15, -0.1) is 10.2 Å². The van der Waals surface area contributed by atoms with Crippen LogP contribution in [0.25, 0.3) is 22.8 Å². The van der Waals surface area contributed by atoms with Crippen LogP contribution in [0.5, 0.6) is 0 Å². The summed E-state index contributed by atoms with van der Waals surface area (Å²) in [6.45, 7) is 1.84. The molecule has 0 atom stereocenters. The van der Waals surface area contributed by atoms with Gasteiger partial charge in [0, 0.05) is 11.3 Å². The molecule has 5 aromatic rings. The van der Waals surface area contributed by atoms with Gasteiger partial charge < -0.3 is 0 Å². The normalized spacial score (nSPS) is 11.2. The van der Waals surface area contributed by atoms with E-state index in [0.717, 1.165) is 16.9 Å². The average molecular weight is 528 g/mol. The molecule has 0 bridgehead atoms. The van der Waals surface area contributed by atoms with Crippen LogP contribution in [0.3, 0.4) is 0 Å². The third-order valence-corrected chi connectivity index (χ3v) is 6.74. The van der Waals surface area contributed by atoms with Crippen LogP contribution in [-0.4, -0.2) is 42.4 Å². The van der Waals surface area contributed by atoms with Gasteiger partial charge in [-0.2, -0.15) is 10.2 Å². The SMILES string of the molecule is Cc1nn(-c2ccccc2)c(Cl)c1C=NNC(=O)CSc1nnc(-c2ccccc2)n1-c1ccccc1. The number of para-hydroxylation sites is 2. The number of aromatic nitrogens is 5. The van der Waals surface area contributed by atoms with Crippen LogP contribution in [0, 0.1) is 6.92 Å². The second kappa shape index (κ2) is 11.2. The second-order valence-corrected chi connectivity index (χ2v) is 9.26. The molecule has 0 radical (unpaired) electrons. The summed E-state index contributed by atoms with van der Waals surface area (Å²) < 4.78 is 3.58. The summed E-state index contributed by atoms with van der Waals surface area (Å²) in [4.78, 5) is 12.6. The van der Waals surface area contributed by atoms with Crippen molar-refractivity contribution in [1.82, 2.24) is 30.0 Å². The molecule has 3 aromatic carbocycles. The fourth-order valence-corrected chi connectivity index (χ4v) is 4.74. The molecule has 0 aliphatic rings. The molecule has 2 heterocycles. The Kier molecular flexibility index (Phi) is 7.43. The Bertz CT molecular complexity index is 1530. The summed E-state index contributed by atoms with van der Waals surface area (Å²) in [5.41, 5.74) is 6.58. The smallest absolute Gasteiger partial charge is 0.250 e. The number of thioether (sulfide) groups is 1. The number of hydrogen-bond donors (Lipinski definition) is 1. The predicted molar refractivity (Wildman–Crippen MR) is 147 cm³/mol. The maximum atomic E-state index is 12.6. The van der Waals surface area contributed by atoms with Crippen LogP contribution in [0.15, 0.2) is 101 Å². The monoisotopic (exact) mass is 527 g/mol. The van der Waals surface area contributed by atoms with Gasteiger partial charge in [0.25, 0.3) is 5.91 Å². The molecule has 0 saturated carbocycles. The van der Waals surface area contributed by atoms with E-state index in [9.17, 15) is 4.79 Å². The second-order valence-electron chi connectivity index (χ2n) is 7.96. The minimum Gasteiger partial charge on any atom is -0.272 e. The molecule has 0 saturated heterocycles. The minimum atomic E-state index is -0.283. The number of amides is 1. The molecule has 0 aliphatic carbocycles. The van der Waals surface area contributed by atoms with E-state index in [-0.39, 0.29) is 11.7 Å². The summed E-state index contributed by atoms with van der Waals surface area (Å²) in [6.07, 6.45) is 1.51. The number of halogens is 1. The molecular weight excluding hydrogens is 506 g/mol. The number of carbonyl (C=O) groups is 1. The van der Waals surface area contributed by atoms with E-state index in [4.69, 9.17) is 11.6 Å². The summed E-state index contributed by atoms with van der Waals surface area (Å²) in [5.74, 6) is 0.523. The van der Waals surface area contributed by atoms with E-state index >= 15 is 0 Å². The van der Waals surface area contributed by atoms with Gasteiger partial charge >= 0.3 is 0 Å². The Morgan fingerprint density at radius 3 is 2.24 bits per heavy atom. The minimum absolute atomic E-state index is 0.104. The first-order chi connectivity index (χ1) is 18.1. The first-order valence-electron chi connectivity index (χ1n) is 11.4. The molecule has 37 heavy (non-hydrogen) atoms. The summed E-state index contributed by atoms with van der Waals surface area (Å²) in [5, 5.41) is 18.3. The first kappa shape index (κ1) is 24.5. The van der Waals surface area contributed by atoms with Crippen molar-refractivity contribution in [3.63, 3.8) is 0 Å². The lowest BCUT2D eigenvalue weighted by Gasteiger charge is -2.10. The molecule has 1 N–H and O–H groups in total. The Hall–Kier alpha value is -4.21. The molecule has 184 valence electrons. The van der Waals surface area contributed by atoms with Crippen LogP contribution in [-0.2, 0) is 4.79 Å². The van der Waals surface area contributed by atoms with Crippen molar-refractivity contribution in [2.75, 3.05) is 5.75 Å². The highest BCUT2D eigenvalue weighted by atomic mass is 35.5. The van der Waals surface area contributed by atoms with Crippen LogP contribution in [0.1, 0.15) is 11.3 Å². The summed E-state index contributed by atoms with van der Waals surface area (Å²) in [7, 11) is 0. The van der Waals surface area contributed by atoms with E-state index < -0.39 is 0 Å². The van der Waals surface area contributed by atoms with Gasteiger partial charge in [0.1, 0.15) is 5.15 Å². The Labute approximate surface area is 223 Å². The van der Waals surface area contributed by atoms with E-state index in [2.05, 4.69) is 25.8 Å². The van der Waals surface area contributed by atoms with Crippen molar-refractivity contribution in [2.24, 2.45) is 5.10 Å². The van der Waals surface area contributed by atoms with Crippen LogP contribution in [0.2, 0.25) is 5.15 Å². The molecule has 5 rings (SSSR count). The molecule has 0 unspecified atom stereocenters. The highest BCUT2D eigenvalue weighted by molar-refractivity contribution is 7.99. The quantitative estimate of drug-likeness (QED) is 0.167. The van der Waals surface area contributed by atoms with Crippen molar-refractivity contribution in [3.8, 4) is 22.8 Å². The van der Waals surface area contributed by atoms with E-state index in [0.29, 0.717) is 27.4 Å². The maximum absolute atomic E-state index is 12.6. The molecule has 1 amide bonds. The van der Waals surface area contributed by atoms with Crippen LogP contribution >= 0.6 is 23.4 Å². The van der Waals surface area contributed by atoms with E-state index in [1.807, 2.05) is 102 Å². The van der Waals surface area contributed by atoms with Crippen molar-refractivity contribution in [1.29, 1.82) is 0 Å². The molecule has 0 aliphatic heterocycles. The zero-order valence-electron chi connectivity index (χ0n) is 19.8. The third kappa shape index (κ3) is 5.47. The van der Waals surface area contributed by atoms with Crippen LogP contribution < -0.4 is 5.43 Å². The number of aryl methyl sites for hydroxylation is 1. The van der Waals surface area contributed by atoms with Gasteiger partial charge in [-0.05, 0) is 31.2 Å². The Morgan fingerprint density at radius 1 is 0.946 bits per heavy atom. The van der Waals surface area contributed by atoms with Gasteiger partial charge in [-0.25, -0.2) is 10.1 Å². The number of hydrazone groups is 1. The first-order valence-corrected chi connectivity index (χ1v) is 12.8. The average Bonchev–Trinajstić information content (AvgIpc) is 3.49. The fraction of sp³-hybridized carbons (Fsp3) is 0.0741. The number of carbonyl (C=O) groups excluding carboxylic acids is 1. The highest BCUT2D eigenvalue weighted by Crippen LogP contribution is 2.28. The Balaban J connectivity index is 1.28. The molecule has 0 fully saturated rings. The number of nitrogens with zero attached hydrogens (tertiary/aromatic N) is 6. The van der Waals surface area contributed by atoms with Gasteiger partial charge in [-0.3, -0.25) is 9.36 Å². The maximum Gasteiger partial charge on any atom is 0.250 e. The highest BCUT2D eigenvalue weighted by Gasteiger charge is 2.17. The lowest BCUT2D eigenvalue weighted by atomic mass is 10.2. The lowest BCUT2D eigenvalue weighted by molar-refractivity contribution is -0.118. The van der Waals surface area contributed by atoms with Gasteiger partial charge in [0.05, 0.1) is 28.9 Å².